The molecule has 0 amide bonds. The average molecular weight is 279 g/mol. The zero-order valence-corrected chi connectivity index (χ0v) is 12.4. The first kappa shape index (κ1) is 16.4. The summed E-state index contributed by atoms with van der Waals surface area (Å²) in [6, 6.07) is 3.66. The van der Waals surface area contributed by atoms with Crippen molar-refractivity contribution >= 4 is 5.84 Å². The summed E-state index contributed by atoms with van der Waals surface area (Å²) in [4.78, 5) is 4.04. The minimum Gasteiger partial charge on any atom is -0.409 e. The highest BCUT2D eigenvalue weighted by Crippen LogP contribution is 2.14. The summed E-state index contributed by atoms with van der Waals surface area (Å²) < 4.78 is 5.77. The Bertz CT molecular complexity index is 421. The fraction of sp³-hybridized carbons (Fsp3) is 0.600. The second kappa shape index (κ2) is 9.31. The topological polar surface area (TPSA) is 80.7 Å². The molecule has 0 spiro atoms. The molecule has 112 valence electrons. The third-order valence-corrected chi connectivity index (χ3v) is 3.36. The smallest absolute Gasteiger partial charge is 0.188 e. The maximum Gasteiger partial charge on any atom is 0.188 e. The molecule has 0 fully saturated rings. The lowest BCUT2D eigenvalue weighted by Gasteiger charge is -2.14. The van der Waals surface area contributed by atoms with Gasteiger partial charge >= 0.3 is 0 Å². The van der Waals surface area contributed by atoms with E-state index < -0.39 is 0 Å². The van der Waals surface area contributed by atoms with Gasteiger partial charge in [0.05, 0.1) is 6.61 Å². The van der Waals surface area contributed by atoms with Crippen LogP contribution in [-0.2, 0) is 11.3 Å². The summed E-state index contributed by atoms with van der Waals surface area (Å²) >= 11 is 0. The number of nitrogens with zero attached hydrogens (tertiary/aromatic N) is 2. The minimum atomic E-state index is 0.0150. The van der Waals surface area contributed by atoms with E-state index in [0.717, 1.165) is 18.6 Å². The van der Waals surface area contributed by atoms with Crippen molar-refractivity contribution in [3.05, 3.63) is 29.6 Å². The first-order valence-electron chi connectivity index (χ1n) is 7.21. The van der Waals surface area contributed by atoms with Crippen LogP contribution in [0, 0.1) is 5.92 Å². The maximum atomic E-state index is 8.63. The third kappa shape index (κ3) is 5.57. The van der Waals surface area contributed by atoms with Crippen molar-refractivity contribution in [2.45, 2.75) is 46.1 Å². The van der Waals surface area contributed by atoms with Gasteiger partial charge in [-0.05, 0) is 30.0 Å². The Kier molecular flexibility index (Phi) is 7.65. The average Bonchev–Trinajstić information content (AvgIpc) is 2.50. The van der Waals surface area contributed by atoms with Crippen LogP contribution in [0.15, 0.2) is 23.5 Å². The standard InChI is InChI=1S/C15H25N3O2/c1-3-5-6-12(4-2)10-20-11-13-7-8-17-14(9-13)15(16)18-19/h7-9,12,19H,3-6,10-11H2,1-2H3,(H2,16,18). The van der Waals surface area contributed by atoms with Crippen LogP contribution in [0.5, 0.6) is 0 Å². The molecule has 0 saturated carbocycles. The van der Waals surface area contributed by atoms with Crippen molar-refractivity contribution in [3.63, 3.8) is 0 Å². The highest BCUT2D eigenvalue weighted by atomic mass is 16.5. The number of hydrogen-bond donors (Lipinski definition) is 2. The molecule has 5 heteroatoms. The van der Waals surface area contributed by atoms with Crippen LogP contribution in [0.1, 0.15) is 50.8 Å². The Balaban J connectivity index is 2.45. The molecule has 0 bridgehead atoms. The van der Waals surface area contributed by atoms with Gasteiger partial charge in [0.15, 0.2) is 5.84 Å². The molecule has 0 radical (unpaired) electrons. The number of hydrogen-bond acceptors (Lipinski definition) is 4. The van der Waals surface area contributed by atoms with Gasteiger partial charge in [0.2, 0.25) is 0 Å². The Morgan fingerprint density at radius 1 is 1.50 bits per heavy atom. The van der Waals surface area contributed by atoms with Crippen LogP contribution in [0.4, 0.5) is 0 Å². The van der Waals surface area contributed by atoms with Gasteiger partial charge in [0.25, 0.3) is 0 Å². The van der Waals surface area contributed by atoms with Crippen molar-refractivity contribution in [2.75, 3.05) is 6.61 Å². The lowest BCUT2D eigenvalue weighted by molar-refractivity contribution is 0.0819. The summed E-state index contributed by atoms with van der Waals surface area (Å²) in [6.07, 6.45) is 6.49. The summed E-state index contributed by atoms with van der Waals surface area (Å²) in [5.74, 6) is 0.640. The first-order valence-corrected chi connectivity index (χ1v) is 7.21. The first-order chi connectivity index (χ1) is 9.71. The van der Waals surface area contributed by atoms with Crippen LogP contribution < -0.4 is 5.73 Å². The molecular weight excluding hydrogens is 254 g/mol. The number of rotatable bonds is 9. The molecule has 0 aliphatic heterocycles. The molecule has 1 aromatic rings. The van der Waals surface area contributed by atoms with Crippen molar-refractivity contribution in [1.82, 2.24) is 4.98 Å². The second-order valence-corrected chi connectivity index (χ2v) is 4.97. The molecule has 5 nitrogen and oxygen atoms in total. The van der Waals surface area contributed by atoms with Gasteiger partial charge in [-0.3, -0.25) is 4.98 Å². The molecule has 20 heavy (non-hydrogen) atoms. The number of amidine groups is 1. The predicted octanol–water partition coefficient (Wildman–Crippen LogP) is 2.91. The molecule has 0 aliphatic carbocycles. The number of nitrogens with two attached hydrogens (primary N) is 1. The van der Waals surface area contributed by atoms with E-state index in [9.17, 15) is 0 Å². The fourth-order valence-corrected chi connectivity index (χ4v) is 2.00. The lowest BCUT2D eigenvalue weighted by atomic mass is 10.0. The molecule has 0 saturated heterocycles. The zero-order chi connectivity index (χ0) is 14.8. The number of pyridine rings is 1. The summed E-state index contributed by atoms with van der Waals surface area (Å²) in [6.45, 7) is 5.71. The minimum absolute atomic E-state index is 0.0150. The van der Waals surface area contributed by atoms with Crippen LogP contribution in [-0.4, -0.2) is 22.6 Å². The van der Waals surface area contributed by atoms with E-state index in [1.807, 2.05) is 6.07 Å². The van der Waals surface area contributed by atoms with Crippen LogP contribution >= 0.6 is 0 Å². The highest BCUT2D eigenvalue weighted by molar-refractivity contribution is 5.95. The monoisotopic (exact) mass is 279 g/mol. The third-order valence-electron chi connectivity index (χ3n) is 3.36. The van der Waals surface area contributed by atoms with Gasteiger partial charge in [-0.15, -0.1) is 0 Å². The number of unbranched alkanes of at least 4 members (excludes halogenated alkanes) is 1. The van der Waals surface area contributed by atoms with Crippen LogP contribution in [0.25, 0.3) is 0 Å². The van der Waals surface area contributed by atoms with Crippen molar-refractivity contribution in [3.8, 4) is 0 Å². The van der Waals surface area contributed by atoms with Crippen molar-refractivity contribution in [1.29, 1.82) is 0 Å². The Hall–Kier alpha value is -1.62. The second-order valence-electron chi connectivity index (χ2n) is 4.97. The van der Waals surface area contributed by atoms with Gasteiger partial charge in [0, 0.05) is 12.8 Å². The Morgan fingerprint density at radius 3 is 2.95 bits per heavy atom. The van der Waals surface area contributed by atoms with Crippen molar-refractivity contribution in [2.24, 2.45) is 16.8 Å². The van der Waals surface area contributed by atoms with Crippen LogP contribution in [0.3, 0.4) is 0 Å². The summed E-state index contributed by atoms with van der Waals surface area (Å²) in [5, 5.41) is 11.6. The molecule has 1 aromatic heterocycles. The van der Waals surface area contributed by atoms with Gasteiger partial charge in [-0.25, -0.2) is 0 Å². The van der Waals surface area contributed by atoms with Gasteiger partial charge in [-0.2, -0.15) is 0 Å². The molecular formula is C15H25N3O2. The molecule has 0 aromatic carbocycles. The van der Waals surface area contributed by atoms with E-state index in [1.165, 1.54) is 19.3 Å². The largest absolute Gasteiger partial charge is 0.409 e. The van der Waals surface area contributed by atoms with E-state index in [-0.39, 0.29) is 5.84 Å². The van der Waals surface area contributed by atoms with Gasteiger partial charge in [-0.1, -0.05) is 38.3 Å². The summed E-state index contributed by atoms with van der Waals surface area (Å²) in [5.41, 5.74) is 6.96. The molecule has 1 rings (SSSR count). The maximum absolute atomic E-state index is 8.63. The Morgan fingerprint density at radius 2 is 2.30 bits per heavy atom. The number of ether oxygens (including phenoxy) is 1. The number of aromatic nitrogens is 1. The molecule has 0 aliphatic rings. The lowest BCUT2D eigenvalue weighted by Crippen LogP contribution is -2.15. The van der Waals surface area contributed by atoms with E-state index in [0.29, 0.717) is 18.2 Å². The van der Waals surface area contributed by atoms with E-state index in [2.05, 4.69) is 24.0 Å². The van der Waals surface area contributed by atoms with Crippen molar-refractivity contribution < 1.29 is 9.94 Å². The molecule has 1 atom stereocenters. The molecule has 1 unspecified atom stereocenters. The number of oxime groups is 1. The Labute approximate surface area is 120 Å². The molecule has 1 heterocycles. The molecule has 3 N–H and O–H groups in total. The quantitative estimate of drug-likeness (QED) is 0.315. The van der Waals surface area contributed by atoms with E-state index in [1.54, 1.807) is 12.3 Å². The van der Waals surface area contributed by atoms with Gasteiger partial charge in [0.1, 0.15) is 5.69 Å². The van der Waals surface area contributed by atoms with E-state index in [4.69, 9.17) is 15.7 Å². The SMILES string of the molecule is CCCCC(CC)COCc1ccnc(C(N)=NO)c1. The van der Waals surface area contributed by atoms with E-state index >= 15 is 0 Å². The summed E-state index contributed by atoms with van der Waals surface area (Å²) in [7, 11) is 0. The fourth-order valence-electron chi connectivity index (χ4n) is 2.00. The van der Waals surface area contributed by atoms with Gasteiger partial charge < -0.3 is 15.7 Å². The normalized spacial score (nSPS) is 13.4. The van der Waals surface area contributed by atoms with Crippen LogP contribution in [0.2, 0.25) is 0 Å². The highest BCUT2D eigenvalue weighted by Gasteiger charge is 2.07. The predicted molar refractivity (Wildman–Crippen MR) is 79.7 cm³/mol. The zero-order valence-electron chi connectivity index (χ0n) is 12.4.